The van der Waals surface area contributed by atoms with Gasteiger partial charge in [0.25, 0.3) is 0 Å². The van der Waals surface area contributed by atoms with Gasteiger partial charge in [0.05, 0.1) is 38.1 Å². The number of rotatable bonds is 7. The van der Waals surface area contributed by atoms with Crippen LogP contribution in [0.1, 0.15) is 83.1 Å². The first-order valence-corrected chi connectivity index (χ1v) is 19.8. The molecule has 5 fully saturated rings. The zero-order valence-corrected chi connectivity index (χ0v) is 31.7. The Balaban J connectivity index is 1.13. The van der Waals surface area contributed by atoms with Crippen molar-refractivity contribution in [3.63, 3.8) is 0 Å². The maximum atomic E-state index is 17.3. The fourth-order valence-corrected chi connectivity index (χ4v) is 10.7. The van der Waals surface area contributed by atoms with Crippen molar-refractivity contribution >= 4 is 27.5 Å². The second-order valence-electron chi connectivity index (χ2n) is 17.1. The molecule has 0 unspecified atom stereocenters. The number of β-amino-alcohol motifs (C(OH)–C–C–N with tert-alkyl or cyclic N) is 1. The Hall–Kier alpha value is -4.31. The highest BCUT2D eigenvalue weighted by molar-refractivity contribution is 6.04. The number of terminal acetylenes is 1. The van der Waals surface area contributed by atoms with Crippen LogP contribution in [-0.4, -0.2) is 94.3 Å². The number of fused-ring (bicyclic) bond motifs is 3. The number of methoxy groups -OCH3 is 1. The van der Waals surface area contributed by atoms with E-state index >= 15 is 8.78 Å². The summed E-state index contributed by atoms with van der Waals surface area (Å²) in [6, 6.07) is 6.46. The van der Waals surface area contributed by atoms with Gasteiger partial charge in [0, 0.05) is 47.0 Å². The van der Waals surface area contributed by atoms with Crippen molar-refractivity contribution in [1.82, 2.24) is 19.9 Å². The van der Waals surface area contributed by atoms with Gasteiger partial charge in [-0.1, -0.05) is 18.4 Å². The normalized spacial score (nSPS) is 26.9. The lowest BCUT2D eigenvalue weighted by Gasteiger charge is -2.53. The number of anilines is 1. The van der Waals surface area contributed by atoms with Crippen LogP contribution in [0.2, 0.25) is 0 Å². The van der Waals surface area contributed by atoms with Gasteiger partial charge < -0.3 is 29.3 Å². The summed E-state index contributed by atoms with van der Waals surface area (Å²) in [7, 11) is 1.43. The summed E-state index contributed by atoms with van der Waals surface area (Å²) in [4.78, 5) is 19.0. The molecule has 0 radical (unpaired) electrons. The summed E-state index contributed by atoms with van der Waals surface area (Å²) < 4.78 is 50.5. The Bertz CT molecular complexity index is 2190. The molecule has 12 heteroatoms. The van der Waals surface area contributed by atoms with E-state index in [9.17, 15) is 10.2 Å². The number of piperidine rings is 2. The number of aromatic nitrogens is 3. The van der Waals surface area contributed by atoms with E-state index in [1.807, 2.05) is 4.90 Å². The minimum atomic E-state index is -1.00. The lowest BCUT2D eigenvalue weighted by Crippen LogP contribution is -2.57. The Kier molecular flexibility index (Phi) is 9.06. The summed E-state index contributed by atoms with van der Waals surface area (Å²) in [5.41, 5.74) is -0.966. The Morgan fingerprint density at radius 2 is 1.76 bits per heavy atom. The molecule has 9 rings (SSSR count). The van der Waals surface area contributed by atoms with Crippen LogP contribution >= 0.6 is 0 Å². The monoisotopic (exact) mass is 753 g/mol. The van der Waals surface area contributed by atoms with E-state index in [2.05, 4.69) is 15.8 Å². The van der Waals surface area contributed by atoms with E-state index in [0.29, 0.717) is 54.7 Å². The Morgan fingerprint density at radius 3 is 2.49 bits per heavy atom. The topological polar surface area (TPSA) is 113 Å². The number of halogens is 2. The van der Waals surface area contributed by atoms with Crippen LogP contribution in [0, 0.1) is 34.8 Å². The standard InChI is InChI=1S/C43H49F2N5O5/c1-4-29-31(44)10-9-26-20-28(51)21-30(33(26)29)36-35(45)37-34(39(46-36)53-3)38(49-18-6-13-41(2,52)22-49)48-40(47-37)55-25-43-14-5-8-32(43)50(19-7-15-43)27-11-16-42(17-12-27)23-54-24-42/h1,9-10,20-21,27,32,51-52H,5-8,11-19,22-25H2,2-3H3/t32-,41-,43-/m1/s1. The van der Waals surface area contributed by atoms with E-state index < -0.39 is 17.2 Å². The quantitative estimate of drug-likeness (QED) is 0.189. The molecule has 3 atom stereocenters. The second-order valence-corrected chi connectivity index (χ2v) is 17.1. The molecule has 1 spiro atoms. The molecule has 2 saturated carbocycles. The highest BCUT2D eigenvalue weighted by Crippen LogP contribution is 2.52. The van der Waals surface area contributed by atoms with Crippen LogP contribution < -0.4 is 14.4 Å². The number of hydrogen-bond donors (Lipinski definition) is 2. The maximum absolute atomic E-state index is 17.3. The van der Waals surface area contributed by atoms with E-state index in [1.54, 1.807) is 6.92 Å². The second kappa shape index (κ2) is 13.7. The number of pyridine rings is 1. The number of aliphatic hydroxyl groups is 1. The highest BCUT2D eigenvalue weighted by Gasteiger charge is 2.52. The molecule has 3 saturated heterocycles. The fourth-order valence-electron chi connectivity index (χ4n) is 10.7. The van der Waals surface area contributed by atoms with Gasteiger partial charge in [-0.25, -0.2) is 13.8 Å². The third-order valence-corrected chi connectivity index (χ3v) is 13.5. The third kappa shape index (κ3) is 6.23. The number of phenolic OH excluding ortho intramolecular Hbond substituents is 1. The van der Waals surface area contributed by atoms with Gasteiger partial charge in [0.1, 0.15) is 34.0 Å². The molecule has 290 valence electrons. The number of benzene rings is 2. The first-order chi connectivity index (χ1) is 26.5. The van der Waals surface area contributed by atoms with Crippen LogP contribution in [0.25, 0.3) is 32.9 Å². The number of nitrogens with zero attached hydrogens (tertiary/aromatic N) is 5. The minimum Gasteiger partial charge on any atom is -0.508 e. The van der Waals surface area contributed by atoms with Crippen LogP contribution in [0.4, 0.5) is 14.6 Å². The fraction of sp³-hybridized carbons (Fsp3) is 0.558. The van der Waals surface area contributed by atoms with E-state index in [0.717, 1.165) is 51.9 Å². The number of hydrogen-bond acceptors (Lipinski definition) is 10. The molecule has 4 aromatic rings. The average Bonchev–Trinajstić information content (AvgIpc) is 3.61. The van der Waals surface area contributed by atoms with E-state index in [-0.39, 0.29) is 62.7 Å². The number of phenols is 1. The number of aromatic hydroxyl groups is 1. The lowest BCUT2D eigenvalue weighted by atomic mass is 9.69. The van der Waals surface area contributed by atoms with E-state index in [4.69, 9.17) is 30.6 Å². The molecular formula is C43H49F2N5O5. The van der Waals surface area contributed by atoms with Gasteiger partial charge in [0.2, 0.25) is 5.88 Å². The van der Waals surface area contributed by atoms with Crippen LogP contribution in [0.5, 0.6) is 17.6 Å². The summed E-state index contributed by atoms with van der Waals surface area (Å²) in [6.45, 7) is 5.91. The molecule has 55 heavy (non-hydrogen) atoms. The predicted molar refractivity (Wildman–Crippen MR) is 205 cm³/mol. The van der Waals surface area contributed by atoms with Crippen molar-refractivity contribution in [2.45, 2.75) is 95.2 Å². The van der Waals surface area contributed by atoms with Crippen molar-refractivity contribution in [2.24, 2.45) is 10.8 Å². The van der Waals surface area contributed by atoms with Gasteiger partial charge in [-0.2, -0.15) is 9.97 Å². The van der Waals surface area contributed by atoms with Crippen molar-refractivity contribution in [3.05, 3.63) is 41.5 Å². The molecule has 0 bridgehead atoms. The summed E-state index contributed by atoms with van der Waals surface area (Å²) in [6.07, 6.45) is 17.4. The minimum absolute atomic E-state index is 0.0312. The molecule has 0 amide bonds. The van der Waals surface area contributed by atoms with Gasteiger partial charge in [-0.3, -0.25) is 4.90 Å². The Morgan fingerprint density at radius 1 is 0.982 bits per heavy atom. The molecule has 2 aromatic carbocycles. The van der Waals surface area contributed by atoms with Gasteiger partial charge in [-0.15, -0.1) is 6.42 Å². The molecule has 2 aliphatic carbocycles. The van der Waals surface area contributed by atoms with Crippen molar-refractivity contribution < 1.29 is 33.2 Å². The van der Waals surface area contributed by atoms with Gasteiger partial charge in [0.15, 0.2) is 5.82 Å². The zero-order valence-electron chi connectivity index (χ0n) is 31.7. The van der Waals surface area contributed by atoms with Crippen LogP contribution in [0.15, 0.2) is 24.3 Å². The lowest BCUT2D eigenvalue weighted by molar-refractivity contribution is -0.143. The largest absolute Gasteiger partial charge is 0.508 e. The third-order valence-electron chi connectivity index (χ3n) is 13.5. The number of likely N-dealkylation sites (tertiary alicyclic amines) is 1. The molecule has 2 N–H and O–H groups in total. The molecule has 5 heterocycles. The first-order valence-electron chi connectivity index (χ1n) is 19.8. The summed E-state index contributed by atoms with van der Waals surface area (Å²) in [5, 5.41) is 22.8. The van der Waals surface area contributed by atoms with Gasteiger partial charge >= 0.3 is 6.01 Å². The first kappa shape index (κ1) is 36.3. The molecule has 5 aliphatic rings. The number of ether oxygens (including phenoxy) is 3. The maximum Gasteiger partial charge on any atom is 0.319 e. The predicted octanol–water partition coefficient (Wildman–Crippen LogP) is 7.14. The molecule has 3 aliphatic heterocycles. The van der Waals surface area contributed by atoms with Crippen LogP contribution in [-0.2, 0) is 4.74 Å². The van der Waals surface area contributed by atoms with Crippen molar-refractivity contribution in [3.8, 4) is 41.2 Å². The van der Waals surface area contributed by atoms with Crippen molar-refractivity contribution in [2.75, 3.05) is 51.5 Å². The zero-order chi connectivity index (χ0) is 38.1. The van der Waals surface area contributed by atoms with E-state index in [1.165, 1.54) is 57.1 Å². The Labute approximate surface area is 320 Å². The molecule has 10 nitrogen and oxygen atoms in total. The van der Waals surface area contributed by atoms with Gasteiger partial charge in [-0.05, 0) is 101 Å². The highest BCUT2D eigenvalue weighted by atomic mass is 19.1. The molecule has 2 aromatic heterocycles. The van der Waals surface area contributed by atoms with Crippen LogP contribution in [0.3, 0.4) is 0 Å². The SMILES string of the molecule is C#Cc1c(F)ccc2cc(O)cc(-c3nc(OC)c4c(N5CCC[C@@](C)(O)C5)nc(OC[C@]56CCC[C@H]5N(C5CCC7(CC5)COC7)CCC6)nc4c3F)c12. The smallest absolute Gasteiger partial charge is 0.319 e. The summed E-state index contributed by atoms with van der Waals surface area (Å²) >= 11 is 0. The molecular weight excluding hydrogens is 704 g/mol. The average molecular weight is 754 g/mol. The van der Waals surface area contributed by atoms with Crippen molar-refractivity contribution in [1.29, 1.82) is 0 Å². The summed E-state index contributed by atoms with van der Waals surface area (Å²) in [5.74, 6) is 1.14.